The van der Waals surface area contributed by atoms with Crippen molar-refractivity contribution < 1.29 is 12.6 Å². The maximum absolute atomic E-state index is 11.3. The van der Waals surface area contributed by atoms with Crippen LogP contribution in [0.1, 0.15) is 17.0 Å². The van der Waals surface area contributed by atoms with Gasteiger partial charge in [0.15, 0.2) is 0 Å². The normalized spacial score (nSPS) is 13.0. The van der Waals surface area contributed by atoms with Gasteiger partial charge in [-0.05, 0) is 41.8 Å². The van der Waals surface area contributed by atoms with Gasteiger partial charge < -0.3 is 0 Å². The molecule has 0 aliphatic carbocycles. The fraction of sp³-hybridized carbons (Fsp3) is 0.250. The van der Waals surface area contributed by atoms with Gasteiger partial charge in [-0.2, -0.15) is 8.42 Å². The molecule has 3 nitrogen and oxygen atoms in total. The molecule has 7 heteroatoms. The summed E-state index contributed by atoms with van der Waals surface area (Å²) in [5.41, 5.74) is 1.65. The van der Waals surface area contributed by atoms with E-state index in [2.05, 4.69) is 0 Å². The Morgan fingerprint density at radius 2 is 1.57 bits per heavy atom. The fourth-order valence-corrected chi connectivity index (χ4v) is 3.50. The van der Waals surface area contributed by atoms with Gasteiger partial charge in [-0.1, -0.05) is 53.0 Å². The molecule has 2 aromatic rings. The number of benzene rings is 2. The summed E-state index contributed by atoms with van der Waals surface area (Å²) in [5, 5.41) is 1.59. The van der Waals surface area contributed by atoms with Crippen molar-refractivity contribution in [2.45, 2.75) is 12.3 Å². The first-order valence-corrected chi connectivity index (χ1v) is 9.74. The molecule has 0 radical (unpaired) electrons. The zero-order chi connectivity index (χ0) is 17.0. The third-order valence-corrected chi connectivity index (χ3v) is 4.76. The lowest BCUT2D eigenvalue weighted by Gasteiger charge is -2.19. The van der Waals surface area contributed by atoms with Gasteiger partial charge in [0, 0.05) is 21.0 Å². The van der Waals surface area contributed by atoms with Crippen LogP contribution in [0.4, 0.5) is 0 Å². The van der Waals surface area contributed by atoms with Crippen molar-refractivity contribution in [3.63, 3.8) is 0 Å². The standard InChI is InChI=1S/C16H15Cl3O3S/c1-23(20,21)22-10-12(9-11-5-7-13(17)8-6-11)16-14(18)3-2-4-15(16)19/h2-8,12H,9-10H2,1H3/t12-/m0/s1. The molecule has 0 fully saturated rings. The highest BCUT2D eigenvalue weighted by atomic mass is 35.5. The van der Waals surface area contributed by atoms with Gasteiger partial charge in [0.25, 0.3) is 10.1 Å². The topological polar surface area (TPSA) is 43.4 Å². The third-order valence-electron chi connectivity index (χ3n) is 3.29. The Kier molecular flexibility index (Phi) is 6.34. The molecule has 0 bridgehead atoms. The first kappa shape index (κ1) is 18.6. The van der Waals surface area contributed by atoms with Crippen LogP contribution in [0.2, 0.25) is 15.1 Å². The summed E-state index contributed by atoms with van der Waals surface area (Å²) in [7, 11) is -3.56. The minimum atomic E-state index is -3.56. The fourth-order valence-electron chi connectivity index (χ4n) is 2.26. The lowest BCUT2D eigenvalue weighted by atomic mass is 9.92. The zero-order valence-corrected chi connectivity index (χ0v) is 15.4. The zero-order valence-electron chi connectivity index (χ0n) is 12.3. The van der Waals surface area contributed by atoms with E-state index < -0.39 is 10.1 Å². The smallest absolute Gasteiger partial charge is 0.264 e. The predicted octanol–water partition coefficient (Wildman–Crippen LogP) is 4.95. The van der Waals surface area contributed by atoms with Crippen LogP contribution in [-0.4, -0.2) is 21.3 Å². The average molecular weight is 394 g/mol. The van der Waals surface area contributed by atoms with Crippen LogP contribution in [0.5, 0.6) is 0 Å². The summed E-state index contributed by atoms with van der Waals surface area (Å²) < 4.78 is 27.6. The predicted molar refractivity (Wildman–Crippen MR) is 95.2 cm³/mol. The molecule has 2 aromatic carbocycles. The largest absolute Gasteiger partial charge is 0.270 e. The molecule has 0 heterocycles. The van der Waals surface area contributed by atoms with Crippen molar-refractivity contribution in [1.29, 1.82) is 0 Å². The number of hydrogen-bond acceptors (Lipinski definition) is 3. The van der Waals surface area contributed by atoms with Crippen LogP contribution in [0.25, 0.3) is 0 Å². The van der Waals surface area contributed by atoms with Crippen molar-refractivity contribution in [3.05, 3.63) is 68.7 Å². The minimum Gasteiger partial charge on any atom is -0.270 e. The summed E-state index contributed by atoms with van der Waals surface area (Å²) in [6.45, 7) is -0.0368. The molecular formula is C16H15Cl3O3S. The Morgan fingerprint density at radius 3 is 2.09 bits per heavy atom. The average Bonchev–Trinajstić information content (AvgIpc) is 2.45. The molecule has 0 unspecified atom stereocenters. The molecule has 0 saturated heterocycles. The number of halogens is 3. The van der Waals surface area contributed by atoms with Crippen LogP contribution in [0.3, 0.4) is 0 Å². The number of hydrogen-bond donors (Lipinski definition) is 0. The number of rotatable bonds is 6. The van der Waals surface area contributed by atoms with Crippen LogP contribution < -0.4 is 0 Å². The van der Waals surface area contributed by atoms with E-state index in [-0.39, 0.29) is 12.5 Å². The van der Waals surface area contributed by atoms with Gasteiger partial charge in [0.1, 0.15) is 0 Å². The Balaban J connectivity index is 2.33. The monoisotopic (exact) mass is 392 g/mol. The second kappa shape index (κ2) is 7.86. The van der Waals surface area contributed by atoms with Gasteiger partial charge in [-0.25, -0.2) is 0 Å². The second-order valence-corrected chi connectivity index (χ2v) is 8.05. The Bertz CT molecular complexity index is 753. The van der Waals surface area contributed by atoms with Gasteiger partial charge in [-0.3, -0.25) is 4.18 Å². The van der Waals surface area contributed by atoms with E-state index in [9.17, 15) is 8.42 Å². The van der Waals surface area contributed by atoms with E-state index in [1.54, 1.807) is 30.3 Å². The molecule has 0 aliphatic rings. The molecule has 0 spiro atoms. The highest BCUT2D eigenvalue weighted by molar-refractivity contribution is 7.85. The van der Waals surface area contributed by atoms with Crippen molar-refractivity contribution in [1.82, 2.24) is 0 Å². The van der Waals surface area contributed by atoms with Crippen molar-refractivity contribution in [2.24, 2.45) is 0 Å². The summed E-state index contributed by atoms with van der Waals surface area (Å²) in [6.07, 6.45) is 1.54. The lowest BCUT2D eigenvalue weighted by molar-refractivity contribution is 0.293. The quantitative estimate of drug-likeness (QED) is 0.652. The highest BCUT2D eigenvalue weighted by Crippen LogP contribution is 2.34. The molecule has 23 heavy (non-hydrogen) atoms. The van der Waals surface area contributed by atoms with E-state index in [0.717, 1.165) is 11.8 Å². The van der Waals surface area contributed by atoms with Crippen molar-refractivity contribution >= 4 is 44.9 Å². The second-order valence-electron chi connectivity index (χ2n) is 5.15. The molecular weight excluding hydrogens is 379 g/mol. The molecule has 124 valence electrons. The molecule has 0 aliphatic heterocycles. The molecule has 0 N–H and O–H groups in total. The Hall–Kier alpha value is -0.780. The SMILES string of the molecule is CS(=O)(=O)OC[C@H](Cc1ccc(Cl)cc1)c1c(Cl)cccc1Cl. The maximum Gasteiger partial charge on any atom is 0.264 e. The first-order chi connectivity index (χ1) is 10.8. The summed E-state index contributed by atoms with van der Waals surface area (Å²) in [6, 6.07) is 12.5. The van der Waals surface area contributed by atoms with E-state index in [1.165, 1.54) is 0 Å². The van der Waals surface area contributed by atoms with Crippen molar-refractivity contribution in [2.75, 3.05) is 12.9 Å². The van der Waals surface area contributed by atoms with Crippen LogP contribution in [-0.2, 0) is 20.7 Å². The summed E-state index contributed by atoms with van der Waals surface area (Å²) in [5.74, 6) is -0.299. The Labute approximate surface area is 151 Å². The van der Waals surface area contributed by atoms with Crippen LogP contribution in [0.15, 0.2) is 42.5 Å². The van der Waals surface area contributed by atoms with E-state index in [0.29, 0.717) is 27.1 Å². The molecule has 1 atom stereocenters. The lowest BCUT2D eigenvalue weighted by Crippen LogP contribution is -2.15. The molecule has 0 saturated carbocycles. The first-order valence-electron chi connectivity index (χ1n) is 6.79. The van der Waals surface area contributed by atoms with Gasteiger partial charge >= 0.3 is 0 Å². The maximum atomic E-state index is 11.3. The van der Waals surface area contributed by atoms with E-state index >= 15 is 0 Å². The minimum absolute atomic E-state index is 0.0368. The van der Waals surface area contributed by atoms with Gasteiger partial charge in [-0.15, -0.1) is 0 Å². The summed E-state index contributed by atoms with van der Waals surface area (Å²) in [4.78, 5) is 0. The Morgan fingerprint density at radius 1 is 1.00 bits per heavy atom. The molecule has 2 rings (SSSR count). The van der Waals surface area contributed by atoms with Crippen LogP contribution in [0, 0.1) is 0 Å². The molecule has 0 aromatic heterocycles. The van der Waals surface area contributed by atoms with Gasteiger partial charge in [0.05, 0.1) is 12.9 Å². The highest BCUT2D eigenvalue weighted by Gasteiger charge is 2.21. The van der Waals surface area contributed by atoms with E-state index in [1.807, 2.05) is 12.1 Å². The van der Waals surface area contributed by atoms with Crippen LogP contribution >= 0.6 is 34.8 Å². The van der Waals surface area contributed by atoms with Gasteiger partial charge in [0.2, 0.25) is 0 Å². The van der Waals surface area contributed by atoms with Crippen molar-refractivity contribution in [3.8, 4) is 0 Å². The summed E-state index contributed by atoms with van der Waals surface area (Å²) >= 11 is 18.4. The molecule has 0 amide bonds. The van der Waals surface area contributed by atoms with E-state index in [4.69, 9.17) is 39.0 Å². The third kappa shape index (κ3) is 5.66.